The van der Waals surface area contributed by atoms with Crippen LogP contribution >= 0.6 is 34.4 Å². The second kappa shape index (κ2) is 7.67. The summed E-state index contributed by atoms with van der Waals surface area (Å²) in [5.41, 5.74) is 0. The van der Waals surface area contributed by atoms with Gasteiger partial charge in [0, 0.05) is 30.0 Å². The molecular formula is C22H18O4S3. The number of rotatable bonds is 4. The third-order valence-corrected chi connectivity index (χ3v) is 8.96. The van der Waals surface area contributed by atoms with Crippen LogP contribution in [0, 0.1) is 0 Å². The Labute approximate surface area is 180 Å². The molecule has 2 aliphatic heterocycles. The van der Waals surface area contributed by atoms with Crippen molar-refractivity contribution in [3.8, 4) is 0 Å². The predicted molar refractivity (Wildman–Crippen MR) is 117 cm³/mol. The lowest BCUT2D eigenvalue weighted by Crippen LogP contribution is -1.98. The normalized spacial score (nSPS) is 18.5. The van der Waals surface area contributed by atoms with E-state index in [2.05, 4.69) is 48.5 Å². The Hall–Kier alpha value is -1.45. The molecule has 2 saturated heterocycles. The van der Waals surface area contributed by atoms with E-state index in [-0.39, 0.29) is 12.6 Å². The molecule has 0 aliphatic carbocycles. The van der Waals surface area contributed by atoms with Gasteiger partial charge in [0.15, 0.2) is 12.6 Å². The van der Waals surface area contributed by atoms with Crippen LogP contribution in [0.1, 0.15) is 22.3 Å². The molecule has 2 aromatic carbocycles. The monoisotopic (exact) mass is 442 g/mol. The molecule has 4 heterocycles. The van der Waals surface area contributed by atoms with E-state index in [1.54, 1.807) is 34.4 Å². The Morgan fingerprint density at radius 1 is 0.621 bits per heavy atom. The van der Waals surface area contributed by atoms with Crippen LogP contribution in [0.5, 0.6) is 0 Å². The second-order valence-corrected chi connectivity index (χ2v) is 10.0. The fourth-order valence-corrected chi connectivity index (χ4v) is 7.72. The fraction of sp³-hybridized carbons (Fsp3) is 0.273. The minimum Gasteiger partial charge on any atom is -0.345 e. The van der Waals surface area contributed by atoms with Crippen LogP contribution in [0.15, 0.2) is 58.3 Å². The average Bonchev–Trinajstić information content (AvgIpc) is 3.55. The summed E-state index contributed by atoms with van der Waals surface area (Å²) in [7, 11) is 0. The van der Waals surface area contributed by atoms with Crippen LogP contribution in [0.4, 0.5) is 0 Å². The van der Waals surface area contributed by atoms with Crippen LogP contribution in [0.2, 0.25) is 0 Å². The second-order valence-electron chi connectivity index (χ2n) is 6.83. The standard InChI is InChI=1S/C22H18O4S3/c1-3-7-15-13(5-1)17(19(27-15)21-23-9-10-24-21)29-18-14-6-2-4-8-16(14)28-20(18)22-25-11-12-26-22/h1-8,21-22H,9-12H2. The van der Waals surface area contributed by atoms with Crippen molar-refractivity contribution >= 4 is 54.6 Å². The first-order valence-corrected chi connectivity index (χ1v) is 12.0. The summed E-state index contributed by atoms with van der Waals surface area (Å²) in [6, 6.07) is 17.0. The number of ether oxygens (including phenoxy) is 4. The van der Waals surface area contributed by atoms with Crippen LogP contribution in [-0.4, -0.2) is 26.4 Å². The van der Waals surface area contributed by atoms with Crippen molar-refractivity contribution in [2.45, 2.75) is 22.4 Å². The van der Waals surface area contributed by atoms with Gasteiger partial charge in [0.05, 0.1) is 36.2 Å². The Morgan fingerprint density at radius 3 is 1.48 bits per heavy atom. The summed E-state index contributed by atoms with van der Waals surface area (Å²) in [5.74, 6) is 0. The smallest absolute Gasteiger partial charge is 0.194 e. The Balaban J connectivity index is 1.52. The van der Waals surface area contributed by atoms with E-state index < -0.39 is 0 Å². The van der Waals surface area contributed by atoms with Crippen molar-refractivity contribution in [1.82, 2.24) is 0 Å². The molecule has 0 atom stereocenters. The SMILES string of the molecule is c1ccc2c(Sc3c(C4OCCO4)sc4ccccc34)c(C3OCCO3)sc2c1. The van der Waals surface area contributed by atoms with Crippen molar-refractivity contribution in [3.05, 3.63) is 58.3 Å². The highest BCUT2D eigenvalue weighted by molar-refractivity contribution is 8.00. The van der Waals surface area contributed by atoms with Crippen molar-refractivity contribution in [2.24, 2.45) is 0 Å². The molecule has 0 N–H and O–H groups in total. The molecule has 0 spiro atoms. The lowest BCUT2D eigenvalue weighted by Gasteiger charge is -2.13. The molecule has 2 aromatic heterocycles. The quantitative estimate of drug-likeness (QED) is 0.368. The van der Waals surface area contributed by atoms with Crippen LogP contribution in [0.3, 0.4) is 0 Å². The number of fused-ring (bicyclic) bond motifs is 2. The van der Waals surface area contributed by atoms with E-state index in [1.165, 1.54) is 30.0 Å². The molecular weight excluding hydrogens is 424 g/mol. The molecule has 4 aromatic rings. The largest absolute Gasteiger partial charge is 0.345 e. The molecule has 148 valence electrons. The van der Waals surface area contributed by atoms with Crippen molar-refractivity contribution in [2.75, 3.05) is 26.4 Å². The zero-order valence-corrected chi connectivity index (χ0v) is 17.9. The molecule has 6 rings (SSSR count). The van der Waals surface area contributed by atoms with Gasteiger partial charge in [0.2, 0.25) is 0 Å². The highest BCUT2D eigenvalue weighted by Gasteiger charge is 2.30. The third kappa shape index (κ3) is 3.21. The maximum absolute atomic E-state index is 5.87. The number of hydrogen-bond acceptors (Lipinski definition) is 7. The highest BCUT2D eigenvalue weighted by Crippen LogP contribution is 2.51. The lowest BCUT2D eigenvalue weighted by molar-refractivity contribution is -0.0431. The van der Waals surface area contributed by atoms with E-state index in [0.717, 1.165) is 9.75 Å². The molecule has 2 fully saturated rings. The topological polar surface area (TPSA) is 36.9 Å². The molecule has 0 radical (unpaired) electrons. The summed E-state index contributed by atoms with van der Waals surface area (Å²) in [6.45, 7) is 2.55. The fourth-order valence-electron chi connectivity index (χ4n) is 3.72. The summed E-state index contributed by atoms with van der Waals surface area (Å²) in [4.78, 5) is 4.70. The van der Waals surface area contributed by atoms with E-state index in [1.807, 2.05) is 0 Å². The van der Waals surface area contributed by atoms with E-state index >= 15 is 0 Å². The molecule has 29 heavy (non-hydrogen) atoms. The zero-order valence-electron chi connectivity index (χ0n) is 15.5. The van der Waals surface area contributed by atoms with Gasteiger partial charge in [-0.3, -0.25) is 0 Å². The van der Waals surface area contributed by atoms with Crippen molar-refractivity contribution in [3.63, 3.8) is 0 Å². The molecule has 0 unspecified atom stereocenters. The molecule has 0 amide bonds. The summed E-state index contributed by atoms with van der Waals surface area (Å²) in [6.07, 6.45) is -0.579. The van der Waals surface area contributed by atoms with Gasteiger partial charge in [-0.25, -0.2) is 0 Å². The number of thiophene rings is 2. The van der Waals surface area contributed by atoms with Gasteiger partial charge in [-0.15, -0.1) is 22.7 Å². The first-order chi connectivity index (χ1) is 14.4. The maximum atomic E-state index is 5.87. The van der Waals surface area contributed by atoms with Crippen LogP contribution < -0.4 is 0 Å². The number of benzene rings is 2. The van der Waals surface area contributed by atoms with E-state index in [4.69, 9.17) is 18.9 Å². The first-order valence-electron chi connectivity index (χ1n) is 9.55. The molecule has 2 aliphatic rings. The predicted octanol–water partition coefficient (Wildman–Crippen LogP) is 6.36. The minimum atomic E-state index is -0.290. The van der Waals surface area contributed by atoms with Gasteiger partial charge in [-0.1, -0.05) is 48.2 Å². The van der Waals surface area contributed by atoms with Gasteiger partial charge in [0.1, 0.15) is 0 Å². The lowest BCUT2D eigenvalue weighted by atomic mass is 10.2. The minimum absolute atomic E-state index is 0.290. The average molecular weight is 443 g/mol. The molecule has 4 nitrogen and oxygen atoms in total. The number of hydrogen-bond donors (Lipinski definition) is 0. The summed E-state index contributed by atoms with van der Waals surface area (Å²) in [5, 5.41) is 2.48. The van der Waals surface area contributed by atoms with Gasteiger partial charge >= 0.3 is 0 Å². The van der Waals surface area contributed by atoms with Crippen LogP contribution in [0.25, 0.3) is 20.2 Å². The van der Waals surface area contributed by atoms with Crippen molar-refractivity contribution < 1.29 is 18.9 Å². The van der Waals surface area contributed by atoms with Crippen LogP contribution in [-0.2, 0) is 18.9 Å². The molecule has 0 bridgehead atoms. The van der Waals surface area contributed by atoms with E-state index in [0.29, 0.717) is 26.4 Å². The van der Waals surface area contributed by atoms with Gasteiger partial charge < -0.3 is 18.9 Å². The zero-order chi connectivity index (χ0) is 19.2. The summed E-state index contributed by atoms with van der Waals surface area (Å²) >= 11 is 5.30. The van der Waals surface area contributed by atoms with E-state index in [9.17, 15) is 0 Å². The Kier molecular flexibility index (Phi) is 4.85. The summed E-state index contributed by atoms with van der Waals surface area (Å²) < 4.78 is 26.0. The van der Waals surface area contributed by atoms with Gasteiger partial charge in [-0.2, -0.15) is 0 Å². The molecule has 7 heteroatoms. The van der Waals surface area contributed by atoms with Crippen molar-refractivity contribution in [1.29, 1.82) is 0 Å². The van der Waals surface area contributed by atoms with Gasteiger partial charge in [0.25, 0.3) is 0 Å². The Morgan fingerprint density at radius 2 is 1.03 bits per heavy atom. The first kappa shape index (κ1) is 18.3. The Bertz CT molecular complexity index is 1080. The highest BCUT2D eigenvalue weighted by atomic mass is 32.2. The maximum Gasteiger partial charge on any atom is 0.194 e. The third-order valence-electron chi connectivity index (χ3n) is 5.03. The molecule has 0 saturated carbocycles. The van der Waals surface area contributed by atoms with Gasteiger partial charge in [-0.05, 0) is 12.1 Å².